The van der Waals surface area contributed by atoms with Crippen molar-refractivity contribution in [3.63, 3.8) is 0 Å². The first-order valence-corrected chi connectivity index (χ1v) is 12.1. The van der Waals surface area contributed by atoms with Crippen molar-refractivity contribution in [3.05, 3.63) is 71.3 Å². The van der Waals surface area contributed by atoms with Crippen LogP contribution in [0.3, 0.4) is 0 Å². The van der Waals surface area contributed by atoms with Crippen molar-refractivity contribution in [3.8, 4) is 0 Å². The van der Waals surface area contributed by atoms with Crippen LogP contribution in [0.5, 0.6) is 0 Å². The molecule has 0 amide bonds. The molecule has 0 aromatic carbocycles. The minimum Gasteiger partial charge on any atom is -0.508 e. The Morgan fingerprint density at radius 2 is 1.03 bits per heavy atom. The quantitative estimate of drug-likeness (QED) is 0.265. The van der Waals surface area contributed by atoms with E-state index >= 15 is 0 Å². The Morgan fingerprint density at radius 3 is 1.33 bits per heavy atom. The summed E-state index contributed by atoms with van der Waals surface area (Å²) in [5.74, 6) is -9.12. The molecule has 36 heavy (non-hydrogen) atoms. The van der Waals surface area contributed by atoms with Crippen molar-refractivity contribution < 1.29 is 39.5 Å². The molecule has 8 heteroatoms. The number of aliphatic hydroxyl groups is 4. The molecule has 0 aromatic rings. The first kappa shape index (κ1) is 24.9. The molecule has 8 bridgehead atoms. The summed E-state index contributed by atoms with van der Waals surface area (Å²) in [5, 5.41) is 46.6. The van der Waals surface area contributed by atoms with Gasteiger partial charge in [-0.25, -0.2) is 0 Å². The third-order valence-corrected chi connectivity index (χ3v) is 9.41. The Hall–Kier alpha value is -2.78. The summed E-state index contributed by atoms with van der Waals surface area (Å²) in [6.45, 7) is 9.48. The third kappa shape index (κ3) is 2.15. The second-order valence-electron chi connectivity index (χ2n) is 11.0. The van der Waals surface area contributed by atoms with E-state index in [2.05, 4.69) is 0 Å². The fourth-order valence-corrected chi connectivity index (χ4v) is 7.94. The van der Waals surface area contributed by atoms with Crippen molar-refractivity contribution >= 4 is 11.6 Å². The molecule has 3 saturated carbocycles. The van der Waals surface area contributed by atoms with E-state index in [0.717, 1.165) is 0 Å². The van der Waals surface area contributed by atoms with E-state index < -0.39 is 57.0 Å². The van der Waals surface area contributed by atoms with Crippen LogP contribution in [-0.4, -0.2) is 54.8 Å². The summed E-state index contributed by atoms with van der Waals surface area (Å²) in [7, 11) is 0. The summed E-state index contributed by atoms with van der Waals surface area (Å²) in [6, 6.07) is 0. The zero-order valence-corrected chi connectivity index (χ0v) is 21.2. The Bertz CT molecular complexity index is 1190. The van der Waals surface area contributed by atoms with Crippen LogP contribution in [0.1, 0.15) is 41.5 Å². The van der Waals surface area contributed by atoms with E-state index in [1.807, 2.05) is 0 Å². The van der Waals surface area contributed by atoms with Gasteiger partial charge in [-0.05, 0) is 53.7 Å². The van der Waals surface area contributed by atoms with Crippen LogP contribution in [0.25, 0.3) is 0 Å². The highest BCUT2D eigenvalue weighted by atomic mass is 16.8. The van der Waals surface area contributed by atoms with Gasteiger partial charge in [0.2, 0.25) is 11.6 Å². The molecule has 4 N–H and O–H groups in total. The van der Waals surface area contributed by atoms with Crippen LogP contribution in [0, 0.1) is 22.7 Å². The normalized spacial score (nSPS) is 51.8. The number of carbonyl (C=O) groups is 2. The number of aliphatic hydroxyl groups excluding tert-OH is 2. The number of ether oxygens (including phenoxy) is 2. The summed E-state index contributed by atoms with van der Waals surface area (Å²) >= 11 is 0. The summed E-state index contributed by atoms with van der Waals surface area (Å²) in [4.78, 5) is 28.7. The maximum Gasteiger partial charge on any atom is 0.210 e. The van der Waals surface area contributed by atoms with E-state index in [1.165, 1.54) is 39.8 Å². The molecule has 8 nitrogen and oxygen atoms in total. The van der Waals surface area contributed by atoms with E-state index in [9.17, 15) is 30.0 Å². The molecular formula is C28H32O8. The van der Waals surface area contributed by atoms with Gasteiger partial charge in [0.05, 0.1) is 10.8 Å². The van der Waals surface area contributed by atoms with E-state index in [-0.39, 0.29) is 22.7 Å². The molecule has 0 radical (unpaired) electrons. The Kier molecular flexibility index (Phi) is 4.81. The van der Waals surface area contributed by atoms with Crippen molar-refractivity contribution in [2.75, 3.05) is 0 Å². The first-order chi connectivity index (χ1) is 16.7. The molecule has 3 aliphatic carbocycles. The molecular weight excluding hydrogens is 464 g/mol. The molecule has 2 saturated heterocycles. The van der Waals surface area contributed by atoms with Crippen LogP contribution in [-0.2, 0) is 19.1 Å². The van der Waals surface area contributed by atoms with Gasteiger partial charge >= 0.3 is 0 Å². The largest absolute Gasteiger partial charge is 0.508 e. The first-order valence-electron chi connectivity index (χ1n) is 12.1. The molecule has 2 aliphatic heterocycles. The predicted octanol–water partition coefficient (Wildman–Crippen LogP) is 3.25. The van der Waals surface area contributed by atoms with E-state index in [4.69, 9.17) is 9.47 Å². The molecule has 5 rings (SSSR count). The van der Waals surface area contributed by atoms with E-state index in [1.54, 1.807) is 50.3 Å². The lowest BCUT2D eigenvalue weighted by Crippen LogP contribution is -2.74. The van der Waals surface area contributed by atoms with Crippen LogP contribution < -0.4 is 0 Å². The Morgan fingerprint density at radius 1 is 0.694 bits per heavy atom. The van der Waals surface area contributed by atoms with Crippen LogP contribution >= 0.6 is 0 Å². The zero-order valence-electron chi connectivity index (χ0n) is 21.2. The number of hydrogen-bond donors (Lipinski definition) is 4. The second-order valence-corrected chi connectivity index (χ2v) is 11.0. The maximum atomic E-state index is 14.3. The monoisotopic (exact) mass is 496 g/mol. The van der Waals surface area contributed by atoms with Crippen molar-refractivity contribution in [1.82, 2.24) is 0 Å². The van der Waals surface area contributed by atoms with Crippen molar-refractivity contribution in [2.24, 2.45) is 22.7 Å². The van der Waals surface area contributed by atoms with Gasteiger partial charge in [0.15, 0.2) is 11.6 Å². The second kappa shape index (κ2) is 6.95. The topological polar surface area (TPSA) is 134 Å². The summed E-state index contributed by atoms with van der Waals surface area (Å²) < 4.78 is 12.5. The van der Waals surface area contributed by atoms with Crippen LogP contribution in [0.15, 0.2) is 71.3 Å². The van der Waals surface area contributed by atoms with Gasteiger partial charge < -0.3 is 29.9 Å². The average Bonchev–Trinajstić information content (AvgIpc) is 3.12. The maximum absolute atomic E-state index is 14.3. The molecule has 0 aromatic heterocycles. The molecule has 192 valence electrons. The van der Waals surface area contributed by atoms with Gasteiger partial charge in [0.1, 0.15) is 22.7 Å². The average molecular weight is 497 g/mol. The fourth-order valence-electron chi connectivity index (χ4n) is 7.94. The van der Waals surface area contributed by atoms with Crippen molar-refractivity contribution in [1.29, 1.82) is 0 Å². The van der Waals surface area contributed by atoms with Gasteiger partial charge in [-0.15, -0.1) is 0 Å². The fraction of sp³-hybridized carbons (Fsp3) is 0.500. The number of Topliss-reactive ketones (excluding diaryl/α,β-unsaturated/α-hetero) is 2. The smallest absolute Gasteiger partial charge is 0.210 e. The standard InChI is InChI=1S/C28H32O8/c1-7-9-11-13-15(29)17-19-23(3)22(32)18(16(30)14-12-10-8-2)20-24(4,21(17)31)28(34)25(19,5)35-27(23,33)26(20,6)36-28/h7-14,19-20,29-30,33-34H,1-6H3/b9-7+,10-8+,13-11+,14-12+,17-15-,18-16-/t19?,20?,23-,24?,25-,26-,27+,28+/m0/s1. The lowest BCUT2D eigenvalue weighted by atomic mass is 9.39. The highest BCUT2D eigenvalue weighted by Gasteiger charge is 2.99. The summed E-state index contributed by atoms with van der Waals surface area (Å²) in [5.41, 5.74) is -7.52. The van der Waals surface area contributed by atoms with Crippen LogP contribution in [0.2, 0.25) is 0 Å². The highest BCUT2D eigenvalue weighted by Crippen LogP contribution is 2.83. The number of carbonyl (C=O) groups excluding carboxylic acids is 2. The molecule has 8 atom stereocenters. The van der Waals surface area contributed by atoms with Gasteiger partial charge in [-0.3, -0.25) is 9.59 Å². The van der Waals surface area contributed by atoms with Gasteiger partial charge in [0, 0.05) is 23.0 Å². The Balaban J connectivity index is 1.93. The number of allylic oxidation sites excluding steroid dienone is 8. The highest BCUT2D eigenvalue weighted by molar-refractivity contribution is 6.13. The molecule has 5 aliphatic rings. The van der Waals surface area contributed by atoms with Gasteiger partial charge in [-0.1, -0.05) is 36.5 Å². The number of hydrogen-bond acceptors (Lipinski definition) is 8. The Labute approximate surface area is 209 Å². The van der Waals surface area contributed by atoms with E-state index in [0.29, 0.717) is 0 Å². The van der Waals surface area contributed by atoms with Crippen molar-refractivity contribution in [2.45, 2.75) is 64.3 Å². The summed E-state index contributed by atoms with van der Waals surface area (Å²) in [6.07, 6.45) is 12.6. The minimum absolute atomic E-state index is 0.113. The zero-order chi connectivity index (χ0) is 26.7. The molecule has 0 spiro atoms. The third-order valence-electron chi connectivity index (χ3n) is 9.41. The molecule has 5 fully saturated rings. The molecule has 2 heterocycles. The van der Waals surface area contributed by atoms with Gasteiger partial charge in [-0.2, -0.15) is 0 Å². The van der Waals surface area contributed by atoms with Crippen LogP contribution in [0.4, 0.5) is 0 Å². The van der Waals surface area contributed by atoms with Gasteiger partial charge in [0.25, 0.3) is 0 Å². The minimum atomic E-state index is -2.26. The lowest BCUT2D eigenvalue weighted by molar-refractivity contribution is -0.450. The predicted molar refractivity (Wildman–Crippen MR) is 129 cm³/mol. The number of rotatable bonds is 4. The number of ketones is 2. The SMILES string of the molecule is C/C=C/C=C/C(O)=C1/C(=O)[C@]2(C)C3\C(=C(O)/C=C/C=C/C)C(=O)C4(C)C1[C@]1(C)O[C@@]4(O)[C@@]3(C)O[C@@]12O. The lowest BCUT2D eigenvalue weighted by Gasteiger charge is -2.58. The molecule has 3 unspecified atom stereocenters.